The number of nitrogen functional groups attached to an aromatic ring is 1. The molecular weight excluding hydrogens is 226 g/mol. The molecule has 1 aromatic heterocycles. The summed E-state index contributed by atoms with van der Waals surface area (Å²) >= 11 is 0. The van der Waals surface area contributed by atoms with Crippen molar-refractivity contribution in [2.24, 2.45) is 0 Å². The van der Waals surface area contributed by atoms with Crippen LogP contribution in [0.3, 0.4) is 0 Å². The molecule has 0 saturated carbocycles. The van der Waals surface area contributed by atoms with Crippen LogP contribution in [0, 0.1) is 0 Å². The Bertz CT molecular complexity index is 356. The number of likely N-dealkylation sites (N-methyl/N-ethyl adjacent to an activating group) is 1. The first-order valence-corrected chi connectivity index (χ1v) is 6.54. The molecule has 0 aliphatic heterocycles. The summed E-state index contributed by atoms with van der Waals surface area (Å²) in [4.78, 5) is 4.14. The van der Waals surface area contributed by atoms with Gasteiger partial charge in [-0.25, -0.2) is 0 Å². The molecule has 3 N–H and O–H groups in total. The Labute approximate surface area is 110 Å². The molecule has 1 aromatic rings. The molecule has 0 spiro atoms. The Hall–Kier alpha value is -1.13. The predicted octanol–water partition coefficient (Wildman–Crippen LogP) is 2.00. The summed E-state index contributed by atoms with van der Waals surface area (Å²) in [7, 11) is 3.75. The van der Waals surface area contributed by atoms with Crippen molar-refractivity contribution >= 4 is 5.69 Å². The molecule has 4 nitrogen and oxygen atoms in total. The lowest BCUT2D eigenvalue weighted by atomic mass is 9.84. The van der Waals surface area contributed by atoms with Crippen molar-refractivity contribution in [3.63, 3.8) is 0 Å². The van der Waals surface area contributed by atoms with Gasteiger partial charge in [0.05, 0.1) is 5.60 Å². The molecule has 4 heteroatoms. The first-order chi connectivity index (χ1) is 8.63. The lowest BCUT2D eigenvalue weighted by Crippen LogP contribution is -2.51. The van der Waals surface area contributed by atoms with Crippen molar-refractivity contribution in [2.75, 3.05) is 19.9 Å². The molecule has 0 radical (unpaired) electrons. The topological polar surface area (TPSA) is 60.2 Å². The molecule has 0 bridgehead atoms. The van der Waals surface area contributed by atoms with Gasteiger partial charge in [-0.15, -0.1) is 0 Å². The molecule has 18 heavy (non-hydrogen) atoms. The molecule has 1 heterocycles. The number of methoxy groups -OCH3 is 1. The second-order valence-corrected chi connectivity index (χ2v) is 4.60. The molecule has 0 fully saturated rings. The summed E-state index contributed by atoms with van der Waals surface area (Å²) in [5.74, 6) is 0. The highest BCUT2D eigenvalue weighted by atomic mass is 16.5. The number of hydrogen-bond acceptors (Lipinski definition) is 4. The summed E-state index contributed by atoms with van der Waals surface area (Å²) in [5.41, 5.74) is 7.69. The van der Waals surface area contributed by atoms with Gasteiger partial charge >= 0.3 is 0 Å². The summed E-state index contributed by atoms with van der Waals surface area (Å²) in [6.07, 6.45) is 6.31. The van der Waals surface area contributed by atoms with Gasteiger partial charge in [0.2, 0.25) is 0 Å². The first-order valence-electron chi connectivity index (χ1n) is 6.54. The van der Waals surface area contributed by atoms with Crippen molar-refractivity contribution in [1.82, 2.24) is 10.3 Å². The molecule has 0 aromatic carbocycles. The van der Waals surface area contributed by atoms with E-state index in [0.717, 1.165) is 30.5 Å². The van der Waals surface area contributed by atoms with E-state index in [1.165, 1.54) is 0 Å². The van der Waals surface area contributed by atoms with Crippen LogP contribution in [-0.4, -0.2) is 30.8 Å². The molecule has 1 atom stereocenters. The van der Waals surface area contributed by atoms with E-state index >= 15 is 0 Å². The van der Waals surface area contributed by atoms with E-state index in [-0.39, 0.29) is 11.6 Å². The van der Waals surface area contributed by atoms with E-state index in [1.54, 1.807) is 13.3 Å². The van der Waals surface area contributed by atoms with Crippen molar-refractivity contribution in [1.29, 1.82) is 0 Å². The van der Waals surface area contributed by atoms with Gasteiger partial charge in [0.15, 0.2) is 0 Å². The minimum absolute atomic E-state index is 0.156. The number of anilines is 1. The van der Waals surface area contributed by atoms with Crippen LogP contribution in [0.15, 0.2) is 18.5 Å². The minimum Gasteiger partial charge on any atom is -0.398 e. The number of aromatic nitrogens is 1. The van der Waals surface area contributed by atoms with E-state index in [0.29, 0.717) is 0 Å². The fraction of sp³-hybridized carbons (Fsp3) is 0.643. The fourth-order valence-corrected chi connectivity index (χ4v) is 2.55. The van der Waals surface area contributed by atoms with E-state index in [9.17, 15) is 0 Å². The van der Waals surface area contributed by atoms with Crippen molar-refractivity contribution < 1.29 is 4.74 Å². The number of hydrogen-bond donors (Lipinski definition) is 2. The maximum absolute atomic E-state index is 5.98. The summed E-state index contributed by atoms with van der Waals surface area (Å²) < 4.78 is 5.78. The SMILES string of the molecule is CCC(CC)(OC)C(Cc1cnccc1N)NC. The van der Waals surface area contributed by atoms with Crippen LogP contribution in [0.4, 0.5) is 5.69 Å². The van der Waals surface area contributed by atoms with Gasteiger partial charge in [-0.2, -0.15) is 0 Å². The number of nitrogens with two attached hydrogens (primary N) is 1. The van der Waals surface area contributed by atoms with E-state index in [2.05, 4.69) is 24.1 Å². The summed E-state index contributed by atoms with van der Waals surface area (Å²) in [6, 6.07) is 2.07. The largest absolute Gasteiger partial charge is 0.398 e. The van der Waals surface area contributed by atoms with Gasteiger partial charge in [-0.1, -0.05) is 13.8 Å². The molecule has 0 aliphatic rings. The third-order valence-electron chi connectivity index (χ3n) is 3.95. The third kappa shape index (κ3) is 3.00. The van der Waals surface area contributed by atoms with Crippen LogP contribution in [0.1, 0.15) is 32.3 Å². The van der Waals surface area contributed by atoms with Crippen LogP contribution in [0.25, 0.3) is 0 Å². The van der Waals surface area contributed by atoms with Crippen LogP contribution in [-0.2, 0) is 11.2 Å². The maximum Gasteiger partial charge on any atom is 0.0828 e. The minimum atomic E-state index is -0.156. The first kappa shape index (κ1) is 14.9. The Kier molecular flexibility index (Phi) is 5.56. The lowest BCUT2D eigenvalue weighted by Gasteiger charge is -2.38. The average Bonchev–Trinajstić information content (AvgIpc) is 2.42. The van der Waals surface area contributed by atoms with Gasteiger partial charge in [0.25, 0.3) is 0 Å². The molecule has 0 amide bonds. The quantitative estimate of drug-likeness (QED) is 0.778. The smallest absolute Gasteiger partial charge is 0.0828 e. The zero-order chi connectivity index (χ0) is 13.6. The Morgan fingerprint density at radius 1 is 1.44 bits per heavy atom. The van der Waals surface area contributed by atoms with Crippen molar-refractivity contribution in [3.8, 4) is 0 Å². The monoisotopic (exact) mass is 251 g/mol. The highest BCUT2D eigenvalue weighted by molar-refractivity contribution is 5.44. The Balaban J connectivity index is 2.94. The Morgan fingerprint density at radius 2 is 2.11 bits per heavy atom. The standard InChI is InChI=1S/C14H25N3O/c1-5-14(6-2,18-4)13(16-3)9-11-10-17-8-7-12(11)15/h7-8,10,13,16H,5-6,9H2,1-4H3,(H2,15,17). The van der Waals surface area contributed by atoms with Crippen LogP contribution in [0.5, 0.6) is 0 Å². The predicted molar refractivity (Wildman–Crippen MR) is 75.5 cm³/mol. The number of nitrogens with one attached hydrogen (secondary N) is 1. The number of ether oxygens (including phenoxy) is 1. The van der Waals surface area contributed by atoms with Gasteiger partial charge in [0, 0.05) is 31.2 Å². The second kappa shape index (κ2) is 6.71. The third-order valence-corrected chi connectivity index (χ3v) is 3.95. The van der Waals surface area contributed by atoms with Crippen molar-refractivity contribution in [3.05, 3.63) is 24.0 Å². The van der Waals surface area contributed by atoms with Gasteiger partial charge in [-0.05, 0) is 37.9 Å². The number of nitrogens with zero attached hydrogens (tertiary/aromatic N) is 1. The van der Waals surface area contributed by atoms with Crippen LogP contribution >= 0.6 is 0 Å². The lowest BCUT2D eigenvalue weighted by molar-refractivity contribution is -0.0454. The fourth-order valence-electron chi connectivity index (χ4n) is 2.55. The van der Waals surface area contributed by atoms with E-state index < -0.39 is 0 Å². The van der Waals surface area contributed by atoms with Gasteiger partial charge in [-0.3, -0.25) is 4.98 Å². The molecular formula is C14H25N3O. The summed E-state index contributed by atoms with van der Waals surface area (Å²) in [6.45, 7) is 4.31. The van der Waals surface area contributed by atoms with E-state index in [4.69, 9.17) is 10.5 Å². The number of rotatable bonds is 7. The summed E-state index contributed by atoms with van der Waals surface area (Å²) in [5, 5.41) is 3.36. The van der Waals surface area contributed by atoms with E-state index in [1.807, 2.05) is 19.3 Å². The Morgan fingerprint density at radius 3 is 2.56 bits per heavy atom. The number of pyridine rings is 1. The normalized spacial score (nSPS) is 13.6. The molecule has 0 saturated heterocycles. The molecule has 102 valence electrons. The van der Waals surface area contributed by atoms with Crippen LogP contribution in [0.2, 0.25) is 0 Å². The second-order valence-electron chi connectivity index (χ2n) is 4.60. The molecule has 1 rings (SSSR count). The molecule has 1 unspecified atom stereocenters. The van der Waals surface area contributed by atoms with Gasteiger partial charge < -0.3 is 15.8 Å². The highest BCUT2D eigenvalue weighted by Crippen LogP contribution is 2.27. The average molecular weight is 251 g/mol. The van der Waals surface area contributed by atoms with Gasteiger partial charge in [0.1, 0.15) is 0 Å². The van der Waals surface area contributed by atoms with Crippen molar-refractivity contribution in [2.45, 2.75) is 44.8 Å². The highest BCUT2D eigenvalue weighted by Gasteiger charge is 2.35. The zero-order valence-corrected chi connectivity index (χ0v) is 11.9. The zero-order valence-electron chi connectivity index (χ0n) is 11.9. The molecule has 0 aliphatic carbocycles. The maximum atomic E-state index is 5.98. The van der Waals surface area contributed by atoms with Crippen LogP contribution < -0.4 is 11.1 Å².